The summed E-state index contributed by atoms with van der Waals surface area (Å²) >= 11 is 3.24. The monoisotopic (exact) mass is 377 g/mol. The van der Waals surface area contributed by atoms with E-state index in [0.717, 1.165) is 30.4 Å². The van der Waals surface area contributed by atoms with E-state index >= 15 is 0 Å². The molecule has 1 fully saturated rings. The van der Waals surface area contributed by atoms with Crippen LogP contribution in [0.4, 0.5) is 0 Å². The van der Waals surface area contributed by atoms with Crippen LogP contribution in [0.3, 0.4) is 0 Å². The molecule has 1 aromatic heterocycles. The molecule has 0 aromatic carbocycles. The molecule has 2 heterocycles. The third kappa shape index (κ3) is 4.46. The second kappa shape index (κ2) is 7.15. The van der Waals surface area contributed by atoms with E-state index in [2.05, 4.69) is 31.0 Å². The van der Waals surface area contributed by atoms with Crippen LogP contribution in [0.2, 0.25) is 0 Å². The lowest BCUT2D eigenvalue weighted by atomic mass is 9.80. The maximum Gasteiger partial charge on any atom is 0.258 e. The average molecular weight is 378 g/mol. The van der Waals surface area contributed by atoms with E-state index in [-0.39, 0.29) is 10.4 Å². The lowest BCUT2D eigenvalue weighted by molar-refractivity contribution is 0.0577. The van der Waals surface area contributed by atoms with Crippen molar-refractivity contribution in [2.24, 2.45) is 5.41 Å². The van der Waals surface area contributed by atoms with Gasteiger partial charge in [0, 0.05) is 29.7 Å². The largest absolute Gasteiger partial charge is 0.384 e. The zero-order valence-corrected chi connectivity index (χ0v) is 14.3. The average Bonchev–Trinajstić information content (AvgIpc) is 2.47. The fraction of sp³-hybridized carbons (Fsp3) is 0.615. The molecule has 1 aliphatic heterocycles. The molecule has 1 aliphatic rings. The summed E-state index contributed by atoms with van der Waals surface area (Å²) in [5.41, 5.74) is -0.150. The zero-order valence-electron chi connectivity index (χ0n) is 11.9. The molecule has 0 spiro atoms. The van der Waals surface area contributed by atoms with Crippen LogP contribution in [-0.4, -0.2) is 46.8 Å². The van der Waals surface area contributed by atoms with Crippen LogP contribution >= 0.6 is 15.9 Å². The van der Waals surface area contributed by atoms with E-state index < -0.39 is 10.0 Å². The van der Waals surface area contributed by atoms with Crippen LogP contribution in [0.1, 0.15) is 12.8 Å². The Hall–Kier alpha value is -0.540. The predicted octanol–water partition coefficient (Wildman–Crippen LogP) is 1.14. The summed E-state index contributed by atoms with van der Waals surface area (Å²) in [5.74, 6) is 0. The number of ether oxygens (including phenoxy) is 1. The number of piperidine rings is 1. The summed E-state index contributed by atoms with van der Waals surface area (Å²) in [6.07, 6.45) is 3.25. The molecular formula is C13H20BrN3O3S. The van der Waals surface area contributed by atoms with Crippen molar-refractivity contribution >= 4 is 26.0 Å². The van der Waals surface area contributed by atoms with Crippen LogP contribution < -0.4 is 10.0 Å². The number of pyridine rings is 1. The fourth-order valence-electron chi connectivity index (χ4n) is 2.48. The smallest absolute Gasteiger partial charge is 0.258 e. The number of sulfonamides is 1. The summed E-state index contributed by atoms with van der Waals surface area (Å²) < 4.78 is 33.3. The van der Waals surface area contributed by atoms with Gasteiger partial charge in [0.2, 0.25) is 0 Å². The van der Waals surface area contributed by atoms with Crippen molar-refractivity contribution in [1.29, 1.82) is 0 Å². The highest BCUT2D eigenvalue weighted by molar-refractivity contribution is 9.10. The van der Waals surface area contributed by atoms with Gasteiger partial charge in [-0.2, -0.15) is 0 Å². The molecule has 2 N–H and O–H groups in total. The first-order valence-corrected chi connectivity index (χ1v) is 9.06. The number of aromatic nitrogens is 1. The Morgan fingerprint density at radius 2 is 2.14 bits per heavy atom. The summed E-state index contributed by atoms with van der Waals surface area (Å²) in [6.45, 7) is 2.66. The van der Waals surface area contributed by atoms with Crippen LogP contribution in [0.25, 0.3) is 0 Å². The molecule has 0 unspecified atom stereocenters. The first-order chi connectivity index (χ1) is 9.97. The van der Waals surface area contributed by atoms with Crippen molar-refractivity contribution in [3.63, 3.8) is 0 Å². The van der Waals surface area contributed by atoms with Gasteiger partial charge in [-0.25, -0.2) is 18.1 Å². The minimum atomic E-state index is -3.59. The third-order valence-corrected chi connectivity index (χ3v) is 5.51. The van der Waals surface area contributed by atoms with Gasteiger partial charge in [0.15, 0.2) is 5.03 Å². The molecule has 21 heavy (non-hydrogen) atoms. The van der Waals surface area contributed by atoms with Crippen LogP contribution in [-0.2, 0) is 14.8 Å². The van der Waals surface area contributed by atoms with Crippen molar-refractivity contribution in [3.05, 3.63) is 22.8 Å². The minimum Gasteiger partial charge on any atom is -0.384 e. The molecule has 0 radical (unpaired) electrons. The topological polar surface area (TPSA) is 80.3 Å². The van der Waals surface area contributed by atoms with Gasteiger partial charge in [-0.3, -0.25) is 0 Å². The molecule has 2 rings (SSSR count). The Morgan fingerprint density at radius 3 is 2.71 bits per heavy atom. The lowest BCUT2D eigenvalue weighted by Gasteiger charge is -2.37. The van der Waals surface area contributed by atoms with Gasteiger partial charge < -0.3 is 10.1 Å². The number of methoxy groups -OCH3 is 1. The fourth-order valence-corrected chi connectivity index (χ4v) is 3.80. The zero-order chi connectivity index (χ0) is 15.3. The Kier molecular flexibility index (Phi) is 5.73. The van der Waals surface area contributed by atoms with Crippen molar-refractivity contribution in [2.45, 2.75) is 17.9 Å². The molecule has 0 aliphatic carbocycles. The van der Waals surface area contributed by atoms with Gasteiger partial charge >= 0.3 is 0 Å². The molecule has 0 saturated carbocycles. The standard InChI is InChI=1S/C13H20BrN3O3S/c1-20-10-13(4-6-15-7-5-13)9-17-21(18,19)12-3-2-11(14)8-16-12/h2-3,8,15,17H,4-7,9-10H2,1H3. The number of rotatable bonds is 6. The molecule has 6 nitrogen and oxygen atoms in total. The van der Waals surface area contributed by atoms with Gasteiger partial charge in [0.25, 0.3) is 10.0 Å². The highest BCUT2D eigenvalue weighted by Crippen LogP contribution is 2.28. The second-order valence-electron chi connectivity index (χ2n) is 5.32. The number of hydrogen-bond acceptors (Lipinski definition) is 5. The maximum atomic E-state index is 12.3. The first kappa shape index (κ1) is 16.8. The quantitative estimate of drug-likeness (QED) is 0.776. The highest BCUT2D eigenvalue weighted by Gasteiger charge is 2.33. The SMILES string of the molecule is COCC1(CNS(=O)(=O)c2ccc(Br)cn2)CCNCC1. The van der Waals surface area contributed by atoms with Gasteiger partial charge in [0.1, 0.15) is 0 Å². The molecule has 118 valence electrons. The Balaban J connectivity index is 2.07. The molecular weight excluding hydrogens is 358 g/mol. The van der Waals surface area contributed by atoms with E-state index in [4.69, 9.17) is 4.74 Å². The minimum absolute atomic E-state index is 0.0344. The molecule has 0 atom stereocenters. The molecule has 0 bridgehead atoms. The van der Waals surface area contributed by atoms with Crippen molar-refractivity contribution < 1.29 is 13.2 Å². The van der Waals surface area contributed by atoms with E-state index in [1.165, 1.54) is 12.3 Å². The van der Waals surface area contributed by atoms with Gasteiger partial charge in [-0.1, -0.05) is 0 Å². The number of nitrogens with one attached hydrogen (secondary N) is 2. The Labute approximate surface area is 133 Å². The van der Waals surface area contributed by atoms with E-state index in [1.807, 2.05) is 0 Å². The lowest BCUT2D eigenvalue weighted by Crippen LogP contribution is -2.47. The summed E-state index contributed by atoms with van der Waals surface area (Å²) in [6, 6.07) is 3.15. The number of halogens is 1. The van der Waals surface area contributed by atoms with Crippen molar-refractivity contribution in [3.8, 4) is 0 Å². The number of hydrogen-bond donors (Lipinski definition) is 2. The summed E-state index contributed by atoms with van der Waals surface area (Å²) in [5, 5.41) is 3.32. The summed E-state index contributed by atoms with van der Waals surface area (Å²) in [4.78, 5) is 3.94. The molecule has 1 aromatic rings. The highest BCUT2D eigenvalue weighted by atomic mass is 79.9. The Bertz CT molecular complexity index is 551. The second-order valence-corrected chi connectivity index (χ2v) is 7.95. The maximum absolute atomic E-state index is 12.3. The van der Waals surface area contributed by atoms with Crippen LogP contribution in [0.5, 0.6) is 0 Å². The predicted molar refractivity (Wildman–Crippen MR) is 83.5 cm³/mol. The third-order valence-electron chi connectivity index (χ3n) is 3.73. The number of nitrogens with zero attached hydrogens (tertiary/aromatic N) is 1. The normalized spacial score (nSPS) is 18.6. The van der Waals surface area contributed by atoms with E-state index in [9.17, 15) is 8.42 Å². The Morgan fingerprint density at radius 1 is 1.43 bits per heavy atom. The van der Waals surface area contributed by atoms with Crippen molar-refractivity contribution in [2.75, 3.05) is 33.4 Å². The van der Waals surface area contributed by atoms with Gasteiger partial charge in [0.05, 0.1) is 6.61 Å². The first-order valence-electron chi connectivity index (χ1n) is 6.78. The van der Waals surface area contributed by atoms with E-state index in [1.54, 1.807) is 13.2 Å². The van der Waals surface area contributed by atoms with E-state index in [0.29, 0.717) is 13.2 Å². The summed E-state index contributed by atoms with van der Waals surface area (Å²) in [7, 11) is -1.94. The van der Waals surface area contributed by atoms with Crippen LogP contribution in [0.15, 0.2) is 27.8 Å². The van der Waals surface area contributed by atoms with Gasteiger partial charge in [-0.15, -0.1) is 0 Å². The molecule has 0 amide bonds. The van der Waals surface area contributed by atoms with Crippen LogP contribution in [0, 0.1) is 5.41 Å². The van der Waals surface area contributed by atoms with Gasteiger partial charge in [-0.05, 0) is 54.0 Å². The molecule has 8 heteroatoms. The van der Waals surface area contributed by atoms with Crippen molar-refractivity contribution in [1.82, 2.24) is 15.0 Å². The molecule has 1 saturated heterocycles.